The highest BCUT2D eigenvalue weighted by Crippen LogP contribution is 2.29. The molecule has 0 bridgehead atoms. The zero-order valence-electron chi connectivity index (χ0n) is 14.1. The molecule has 1 atom stereocenters. The van der Waals surface area contributed by atoms with E-state index in [-0.39, 0.29) is 13.9 Å². The van der Waals surface area contributed by atoms with Gasteiger partial charge < -0.3 is 9.47 Å². The number of rotatable bonds is 9. The number of esters is 1. The molecule has 1 heterocycles. The second-order valence-electron chi connectivity index (χ2n) is 5.25. The van der Waals surface area contributed by atoms with E-state index >= 15 is 0 Å². The molecule has 1 rings (SSSR count). The van der Waals surface area contributed by atoms with E-state index in [1.54, 1.807) is 0 Å². The Kier molecular flexibility index (Phi) is 13.1. The van der Waals surface area contributed by atoms with Crippen LogP contribution in [0.5, 0.6) is 0 Å². The number of carbonyl (C=O) groups is 1. The molecule has 1 aliphatic heterocycles. The summed E-state index contributed by atoms with van der Waals surface area (Å²) in [6.07, 6.45) is 0.774. The van der Waals surface area contributed by atoms with Crippen molar-refractivity contribution in [3.63, 3.8) is 0 Å². The Balaban J connectivity index is 0.00000211. The normalized spacial score (nSPS) is 16.2. The van der Waals surface area contributed by atoms with Crippen LogP contribution in [0.3, 0.4) is 0 Å². The molecule has 1 saturated heterocycles. The monoisotopic (exact) mass is 352 g/mol. The lowest BCUT2D eigenvalue weighted by atomic mass is 9.89. The van der Waals surface area contributed by atoms with Crippen molar-refractivity contribution in [2.75, 3.05) is 45.2 Å². The number of morpholine rings is 1. The van der Waals surface area contributed by atoms with E-state index in [4.69, 9.17) is 9.47 Å². The molecule has 0 aromatic heterocycles. The van der Waals surface area contributed by atoms with Gasteiger partial charge in [-0.15, -0.1) is 16.3 Å². The maximum atomic E-state index is 12.0. The lowest BCUT2D eigenvalue weighted by Crippen LogP contribution is -2.39. The molecule has 1 unspecified atom stereocenters. The number of nitroso groups, excluding NO2 is 1. The van der Waals surface area contributed by atoms with Crippen molar-refractivity contribution in [2.24, 2.45) is 10.4 Å². The van der Waals surface area contributed by atoms with Crippen molar-refractivity contribution in [1.29, 1.82) is 0 Å². The number of ether oxygens (including phenoxy) is 2. The average Bonchev–Trinajstić information content (AvgIpc) is 2.55. The maximum absolute atomic E-state index is 12.0. The molecule has 0 aromatic carbocycles. The molecule has 1 aliphatic rings. The largest absolute Gasteiger partial charge is 0.464 e. The van der Waals surface area contributed by atoms with Gasteiger partial charge in [-0.2, -0.15) is 0 Å². The van der Waals surface area contributed by atoms with Crippen molar-refractivity contribution < 1.29 is 14.3 Å². The first-order valence-electron chi connectivity index (χ1n) is 7.73. The Labute approximate surface area is 139 Å². The highest BCUT2D eigenvalue weighted by Gasteiger charge is 2.29. The van der Waals surface area contributed by atoms with Crippen LogP contribution in [0.25, 0.3) is 0 Å². The number of nitrogens with zero attached hydrogens (tertiary/aromatic N) is 2. The molecule has 0 aromatic rings. The second kappa shape index (κ2) is 13.2. The number of hydrogen-bond donors (Lipinski definition) is 0. The van der Waals surface area contributed by atoms with E-state index in [0.29, 0.717) is 12.4 Å². The van der Waals surface area contributed by atoms with Crippen LogP contribution in [-0.2, 0) is 14.3 Å². The van der Waals surface area contributed by atoms with Crippen LogP contribution in [0.4, 0.5) is 0 Å². The zero-order chi connectivity index (χ0) is 16.8. The third-order valence-corrected chi connectivity index (χ3v) is 5.03. The molecular weight excluding hydrogens is 323 g/mol. The fourth-order valence-corrected chi connectivity index (χ4v) is 2.80. The van der Waals surface area contributed by atoms with Crippen LogP contribution < -0.4 is 0 Å². The fourth-order valence-electron chi connectivity index (χ4n) is 1.81. The predicted molar refractivity (Wildman–Crippen MR) is 94.5 cm³/mol. The quantitative estimate of drug-likeness (QED) is 0.274. The van der Waals surface area contributed by atoms with Gasteiger partial charge in [0.05, 0.1) is 18.6 Å². The summed E-state index contributed by atoms with van der Waals surface area (Å²) in [5.74, 6) is 0.448. The van der Waals surface area contributed by atoms with Gasteiger partial charge in [0.15, 0.2) is 0 Å². The van der Waals surface area contributed by atoms with E-state index < -0.39 is 5.41 Å². The Morgan fingerprint density at radius 1 is 1.36 bits per heavy atom. The van der Waals surface area contributed by atoms with Crippen LogP contribution in [0, 0.1) is 10.3 Å². The minimum absolute atomic E-state index is 0.0158. The zero-order valence-corrected chi connectivity index (χ0v) is 15.9. The molecule has 0 N–H and O–H groups in total. The molecule has 0 spiro atoms. The van der Waals surface area contributed by atoms with Gasteiger partial charge in [-0.1, -0.05) is 13.8 Å². The Bertz CT molecular complexity index is 313. The first kappa shape index (κ1) is 21.8. The Morgan fingerprint density at radius 2 is 2.00 bits per heavy atom. The molecule has 0 radical (unpaired) electrons. The summed E-state index contributed by atoms with van der Waals surface area (Å²) in [6, 6.07) is 0. The SMILES string of the molecule is CC.CC(C)(CCN1CCOCC1)C(=O)OCCSPN=O. The molecule has 0 saturated carbocycles. The summed E-state index contributed by atoms with van der Waals surface area (Å²) < 4.78 is 10.6. The van der Waals surface area contributed by atoms with Crippen molar-refractivity contribution in [1.82, 2.24) is 4.90 Å². The molecule has 0 aliphatic carbocycles. The number of hydrogen-bond acceptors (Lipinski definition) is 7. The molecular formula is C14H29N2O4PS. The predicted octanol–water partition coefficient (Wildman–Crippen LogP) is 3.31. The van der Waals surface area contributed by atoms with Gasteiger partial charge in [0, 0.05) is 18.8 Å². The van der Waals surface area contributed by atoms with Crippen LogP contribution in [0.2, 0.25) is 0 Å². The molecule has 8 heteroatoms. The summed E-state index contributed by atoms with van der Waals surface area (Å²) in [4.78, 5) is 27.0. The van der Waals surface area contributed by atoms with E-state index in [1.807, 2.05) is 27.7 Å². The molecule has 22 heavy (non-hydrogen) atoms. The Morgan fingerprint density at radius 3 is 2.59 bits per heavy atom. The van der Waals surface area contributed by atoms with E-state index in [1.165, 1.54) is 11.4 Å². The Hall–Kier alpha value is -0.230. The summed E-state index contributed by atoms with van der Waals surface area (Å²) in [6.45, 7) is 12.5. The van der Waals surface area contributed by atoms with Gasteiger partial charge in [0.1, 0.15) is 14.5 Å². The second-order valence-corrected chi connectivity index (χ2v) is 7.73. The molecule has 1 fully saturated rings. The van der Waals surface area contributed by atoms with Crippen molar-refractivity contribution in [2.45, 2.75) is 34.1 Å². The van der Waals surface area contributed by atoms with E-state index in [2.05, 4.69) is 9.85 Å². The van der Waals surface area contributed by atoms with E-state index in [9.17, 15) is 9.70 Å². The van der Waals surface area contributed by atoms with Crippen LogP contribution >= 0.6 is 19.3 Å². The topological polar surface area (TPSA) is 68.2 Å². The summed E-state index contributed by atoms with van der Waals surface area (Å²) in [5, 5.41) is 0. The lowest BCUT2D eigenvalue weighted by molar-refractivity contribution is -0.153. The summed E-state index contributed by atoms with van der Waals surface area (Å²) >= 11 is 1.39. The van der Waals surface area contributed by atoms with Crippen molar-refractivity contribution in [3.8, 4) is 0 Å². The highest BCUT2D eigenvalue weighted by molar-refractivity contribution is 8.49. The fraction of sp³-hybridized carbons (Fsp3) is 0.929. The standard InChI is InChI=1S/C12H23N2O4PS.C2H6/c1-12(2,3-4-14-5-7-17-8-6-14)11(15)18-9-10-20-19-13-16;1-2/h19H,3-10H2,1-2H3;1-2H3. The van der Waals surface area contributed by atoms with Crippen LogP contribution in [0.15, 0.2) is 4.95 Å². The maximum Gasteiger partial charge on any atom is 0.311 e. The third kappa shape index (κ3) is 9.72. The van der Waals surface area contributed by atoms with E-state index in [0.717, 1.165) is 39.3 Å². The molecule has 130 valence electrons. The summed E-state index contributed by atoms with van der Waals surface area (Å²) in [7, 11) is -0.0158. The molecule has 0 amide bonds. The third-order valence-electron chi connectivity index (χ3n) is 3.23. The van der Waals surface area contributed by atoms with Gasteiger partial charge in [-0.25, -0.2) is 0 Å². The van der Waals surface area contributed by atoms with Crippen LogP contribution in [0.1, 0.15) is 34.1 Å². The lowest BCUT2D eigenvalue weighted by Gasteiger charge is -2.30. The van der Waals surface area contributed by atoms with Gasteiger partial charge in [0.25, 0.3) is 0 Å². The first-order chi connectivity index (χ1) is 10.6. The number of carbonyl (C=O) groups excluding carboxylic acids is 1. The average molecular weight is 352 g/mol. The smallest absolute Gasteiger partial charge is 0.311 e. The van der Waals surface area contributed by atoms with Gasteiger partial charge in [0.2, 0.25) is 0 Å². The van der Waals surface area contributed by atoms with Crippen molar-refractivity contribution in [3.05, 3.63) is 4.91 Å². The molecule has 6 nitrogen and oxygen atoms in total. The van der Waals surface area contributed by atoms with Gasteiger partial charge in [-0.05, 0) is 31.8 Å². The highest BCUT2D eigenvalue weighted by atomic mass is 32.7. The summed E-state index contributed by atoms with van der Waals surface area (Å²) in [5.41, 5.74) is -0.478. The first-order valence-corrected chi connectivity index (χ1v) is 10.4. The van der Waals surface area contributed by atoms with Crippen LogP contribution in [-0.4, -0.2) is 56.1 Å². The van der Waals surface area contributed by atoms with Crippen molar-refractivity contribution >= 4 is 25.3 Å². The minimum Gasteiger partial charge on any atom is -0.464 e. The minimum atomic E-state index is -0.478. The van der Waals surface area contributed by atoms with Gasteiger partial charge >= 0.3 is 5.97 Å². The van der Waals surface area contributed by atoms with Gasteiger partial charge in [-0.3, -0.25) is 9.69 Å².